The number of hydrogen-bond donors (Lipinski definition) is 0. The van der Waals surface area contributed by atoms with Crippen LogP contribution in [0.15, 0.2) is 35.7 Å². The maximum Gasteiger partial charge on any atom is 0.228 e. The summed E-state index contributed by atoms with van der Waals surface area (Å²) in [5, 5.41) is 3.01. The zero-order chi connectivity index (χ0) is 17.6. The number of likely N-dealkylation sites (tertiary alicyclic amines) is 1. The van der Waals surface area contributed by atoms with Gasteiger partial charge in [0.1, 0.15) is 5.01 Å². The van der Waals surface area contributed by atoms with Gasteiger partial charge in [-0.15, -0.1) is 11.3 Å². The van der Waals surface area contributed by atoms with E-state index in [1.54, 1.807) is 11.3 Å². The summed E-state index contributed by atoms with van der Waals surface area (Å²) in [4.78, 5) is 21.5. The molecule has 0 radical (unpaired) electrons. The summed E-state index contributed by atoms with van der Waals surface area (Å²) in [6.07, 6.45) is 3.92. The Morgan fingerprint density at radius 1 is 1.24 bits per heavy atom. The summed E-state index contributed by atoms with van der Waals surface area (Å²) < 4.78 is 0. The monoisotopic (exact) mass is 357 g/mol. The number of piperidine rings is 1. The van der Waals surface area contributed by atoms with E-state index in [0.29, 0.717) is 6.42 Å². The van der Waals surface area contributed by atoms with Crippen LogP contribution < -0.4 is 0 Å². The Balaban J connectivity index is 1.49. The van der Waals surface area contributed by atoms with Gasteiger partial charge in [0.15, 0.2) is 0 Å². The van der Waals surface area contributed by atoms with Crippen LogP contribution >= 0.6 is 11.3 Å². The van der Waals surface area contributed by atoms with Crippen molar-refractivity contribution in [1.29, 1.82) is 0 Å². The average Bonchev–Trinajstić information content (AvgIpc) is 3.09. The minimum absolute atomic E-state index is 0.218. The van der Waals surface area contributed by atoms with Crippen molar-refractivity contribution >= 4 is 17.2 Å². The minimum atomic E-state index is 0.218. The number of carbonyl (C=O) groups excluding carboxylic acids is 1. The first kappa shape index (κ1) is 18.1. The SMILES string of the molecule is CN(C)CCC1CCN(C(=O)Cc2csc(-c3ccccc3)n2)CC1. The number of nitrogens with zero attached hydrogens (tertiary/aromatic N) is 3. The minimum Gasteiger partial charge on any atom is -0.342 e. The molecule has 0 atom stereocenters. The topological polar surface area (TPSA) is 36.4 Å². The second kappa shape index (κ2) is 8.59. The van der Waals surface area contributed by atoms with Crippen LogP contribution in [0.3, 0.4) is 0 Å². The van der Waals surface area contributed by atoms with E-state index in [1.807, 2.05) is 28.5 Å². The highest BCUT2D eigenvalue weighted by atomic mass is 32.1. The number of hydrogen-bond acceptors (Lipinski definition) is 4. The molecule has 2 aromatic rings. The number of carbonyl (C=O) groups is 1. The lowest BCUT2D eigenvalue weighted by molar-refractivity contribution is -0.131. The van der Waals surface area contributed by atoms with E-state index in [2.05, 4.69) is 36.1 Å². The highest BCUT2D eigenvalue weighted by molar-refractivity contribution is 7.13. The molecule has 0 N–H and O–H groups in total. The van der Waals surface area contributed by atoms with Crippen molar-refractivity contribution in [2.24, 2.45) is 5.92 Å². The molecule has 0 unspecified atom stereocenters. The Labute approximate surface area is 154 Å². The molecule has 1 aromatic carbocycles. The average molecular weight is 358 g/mol. The highest BCUT2D eigenvalue weighted by Crippen LogP contribution is 2.25. The molecule has 0 spiro atoms. The van der Waals surface area contributed by atoms with Crippen LogP contribution in [0.2, 0.25) is 0 Å². The predicted molar refractivity (Wildman–Crippen MR) is 104 cm³/mol. The van der Waals surface area contributed by atoms with E-state index in [9.17, 15) is 4.79 Å². The quantitative estimate of drug-likeness (QED) is 0.793. The van der Waals surface area contributed by atoms with Gasteiger partial charge in [0.05, 0.1) is 12.1 Å². The largest absolute Gasteiger partial charge is 0.342 e. The smallest absolute Gasteiger partial charge is 0.228 e. The van der Waals surface area contributed by atoms with Gasteiger partial charge < -0.3 is 9.80 Å². The van der Waals surface area contributed by atoms with Crippen LogP contribution in [0.5, 0.6) is 0 Å². The number of thiazole rings is 1. The Bertz CT molecular complexity index is 675. The summed E-state index contributed by atoms with van der Waals surface area (Å²) >= 11 is 1.61. The van der Waals surface area contributed by atoms with E-state index in [4.69, 9.17) is 0 Å². The number of rotatable bonds is 6. The van der Waals surface area contributed by atoms with Crippen LogP contribution in [-0.4, -0.2) is 54.4 Å². The van der Waals surface area contributed by atoms with Crippen LogP contribution in [0.4, 0.5) is 0 Å². The Kier molecular flexibility index (Phi) is 6.21. The Hall–Kier alpha value is -1.72. The molecule has 4 nitrogen and oxygen atoms in total. The molecule has 2 heterocycles. The molecule has 0 saturated carbocycles. The molecule has 3 rings (SSSR count). The van der Waals surface area contributed by atoms with Crippen molar-refractivity contribution in [3.8, 4) is 10.6 Å². The standard InChI is InChI=1S/C20H27N3OS/c1-22(2)11-8-16-9-12-23(13-10-16)19(24)14-18-15-25-20(21-18)17-6-4-3-5-7-17/h3-7,15-16H,8-14H2,1-2H3. The predicted octanol–water partition coefficient (Wildman–Crippen LogP) is 3.54. The third kappa shape index (κ3) is 5.13. The van der Waals surface area contributed by atoms with E-state index >= 15 is 0 Å². The maximum absolute atomic E-state index is 12.6. The summed E-state index contributed by atoms with van der Waals surface area (Å²) in [5.74, 6) is 0.978. The van der Waals surface area contributed by atoms with Gasteiger partial charge in [-0.1, -0.05) is 30.3 Å². The molecule has 0 bridgehead atoms. The van der Waals surface area contributed by atoms with Gasteiger partial charge in [0.25, 0.3) is 0 Å². The summed E-state index contributed by atoms with van der Waals surface area (Å²) in [7, 11) is 4.24. The van der Waals surface area contributed by atoms with Crippen LogP contribution in [0.1, 0.15) is 25.0 Å². The fourth-order valence-corrected chi connectivity index (χ4v) is 4.11. The molecule has 1 fully saturated rings. The molecule has 5 heteroatoms. The van der Waals surface area contributed by atoms with Crippen molar-refractivity contribution in [2.75, 3.05) is 33.7 Å². The summed E-state index contributed by atoms with van der Waals surface area (Å²) in [6, 6.07) is 10.2. The molecule has 1 saturated heterocycles. The van der Waals surface area contributed by atoms with Crippen LogP contribution in [0.25, 0.3) is 10.6 Å². The van der Waals surface area contributed by atoms with Crippen molar-refractivity contribution < 1.29 is 4.79 Å². The first-order valence-electron chi connectivity index (χ1n) is 9.04. The zero-order valence-electron chi connectivity index (χ0n) is 15.1. The van der Waals surface area contributed by atoms with Crippen molar-refractivity contribution in [3.63, 3.8) is 0 Å². The molecule has 1 aliphatic rings. The van der Waals surface area contributed by atoms with Crippen LogP contribution in [-0.2, 0) is 11.2 Å². The van der Waals surface area contributed by atoms with Gasteiger partial charge in [-0.2, -0.15) is 0 Å². The summed E-state index contributed by atoms with van der Waals surface area (Å²) in [6.45, 7) is 2.93. The molecular formula is C20H27N3OS. The normalized spacial score (nSPS) is 15.7. The lowest BCUT2D eigenvalue weighted by atomic mass is 9.93. The van der Waals surface area contributed by atoms with Gasteiger partial charge in [-0.25, -0.2) is 4.98 Å². The second-order valence-corrected chi connectivity index (χ2v) is 7.96. The summed E-state index contributed by atoms with van der Waals surface area (Å²) in [5.41, 5.74) is 2.01. The first-order valence-corrected chi connectivity index (χ1v) is 9.92. The number of benzene rings is 1. The van der Waals surface area contributed by atoms with Crippen LogP contribution in [0, 0.1) is 5.92 Å². The van der Waals surface area contributed by atoms with E-state index in [-0.39, 0.29) is 5.91 Å². The maximum atomic E-state index is 12.6. The molecule has 25 heavy (non-hydrogen) atoms. The molecule has 134 valence electrons. The van der Waals surface area contributed by atoms with Crippen molar-refractivity contribution in [3.05, 3.63) is 41.4 Å². The fraction of sp³-hybridized carbons (Fsp3) is 0.500. The van der Waals surface area contributed by atoms with Gasteiger partial charge in [0.2, 0.25) is 5.91 Å². The molecule has 0 aliphatic carbocycles. The van der Waals surface area contributed by atoms with E-state index in [1.165, 1.54) is 6.42 Å². The van der Waals surface area contributed by atoms with Crippen molar-refractivity contribution in [1.82, 2.24) is 14.8 Å². The zero-order valence-corrected chi connectivity index (χ0v) is 16.0. The Morgan fingerprint density at radius 2 is 1.96 bits per heavy atom. The molecule has 1 aromatic heterocycles. The van der Waals surface area contributed by atoms with E-state index < -0.39 is 0 Å². The molecule has 1 aliphatic heterocycles. The highest BCUT2D eigenvalue weighted by Gasteiger charge is 2.23. The lowest BCUT2D eigenvalue weighted by Crippen LogP contribution is -2.39. The van der Waals surface area contributed by atoms with Crippen molar-refractivity contribution in [2.45, 2.75) is 25.7 Å². The molecule has 1 amide bonds. The number of aromatic nitrogens is 1. The third-order valence-corrected chi connectivity index (χ3v) is 5.80. The first-order chi connectivity index (χ1) is 12.1. The van der Waals surface area contributed by atoms with Gasteiger partial charge in [-0.05, 0) is 45.8 Å². The van der Waals surface area contributed by atoms with E-state index in [0.717, 1.165) is 54.7 Å². The van der Waals surface area contributed by atoms with Gasteiger partial charge >= 0.3 is 0 Å². The molecular weight excluding hydrogens is 330 g/mol. The van der Waals surface area contributed by atoms with Gasteiger partial charge in [-0.3, -0.25) is 4.79 Å². The fourth-order valence-electron chi connectivity index (χ4n) is 3.28. The number of amides is 1. The lowest BCUT2D eigenvalue weighted by Gasteiger charge is -2.32. The third-order valence-electron chi connectivity index (χ3n) is 4.86. The Morgan fingerprint density at radius 3 is 2.64 bits per heavy atom. The second-order valence-electron chi connectivity index (χ2n) is 7.10. The van der Waals surface area contributed by atoms with Gasteiger partial charge in [0, 0.05) is 24.0 Å².